The molecule has 0 aliphatic heterocycles. The van der Waals surface area contributed by atoms with Gasteiger partial charge in [0.15, 0.2) is 5.54 Å². The van der Waals surface area contributed by atoms with E-state index in [2.05, 4.69) is 4.74 Å². The summed E-state index contributed by atoms with van der Waals surface area (Å²) in [5.41, 5.74) is 4.18. The van der Waals surface area contributed by atoms with Crippen LogP contribution in [0, 0.1) is 0 Å². The number of hydrogen-bond acceptors (Lipinski definition) is 3. The summed E-state index contributed by atoms with van der Waals surface area (Å²) in [6.07, 6.45) is -2.65. The minimum absolute atomic E-state index is 0.307. The number of benzene rings is 1. The highest BCUT2D eigenvalue weighted by Gasteiger charge is 2.36. The second kappa shape index (κ2) is 5.70. The number of carbonyl (C=O) groups is 1. The summed E-state index contributed by atoms with van der Waals surface area (Å²) in [4.78, 5) is 11.1. The molecule has 0 saturated heterocycles. The Balaban J connectivity index is 2.80. The van der Waals surface area contributed by atoms with E-state index < -0.39 is 31.1 Å². The Labute approximate surface area is 97.0 Å². The second-order valence-electron chi connectivity index (χ2n) is 3.55. The third kappa shape index (κ3) is 3.47. The van der Waals surface area contributed by atoms with E-state index in [1.165, 1.54) is 12.1 Å². The summed E-state index contributed by atoms with van der Waals surface area (Å²) in [5.74, 6) is -1.32. The topological polar surface area (TPSA) is 72.5 Å². The molecule has 17 heavy (non-hydrogen) atoms. The van der Waals surface area contributed by atoms with Crippen molar-refractivity contribution in [2.24, 2.45) is 5.73 Å². The first-order valence-electron chi connectivity index (χ1n) is 4.90. The maximum absolute atomic E-state index is 11.9. The summed E-state index contributed by atoms with van der Waals surface area (Å²) in [6, 6.07) is 7.96. The van der Waals surface area contributed by atoms with Gasteiger partial charge in [0.05, 0.1) is 6.61 Å². The molecule has 0 fully saturated rings. The van der Waals surface area contributed by atoms with E-state index in [0.717, 1.165) is 0 Å². The standard InChI is InChI=1S/C11H13F2NO3/c12-9(13)6-17-7-11(14,10(15)16)8-4-2-1-3-5-8/h1-5,9H,6-7,14H2,(H,15,16). The van der Waals surface area contributed by atoms with Crippen molar-refractivity contribution in [2.45, 2.75) is 12.0 Å². The molecule has 0 saturated carbocycles. The smallest absolute Gasteiger partial charge is 0.330 e. The molecule has 94 valence electrons. The van der Waals surface area contributed by atoms with E-state index >= 15 is 0 Å². The van der Waals surface area contributed by atoms with Crippen molar-refractivity contribution in [1.82, 2.24) is 0 Å². The molecule has 0 radical (unpaired) electrons. The largest absolute Gasteiger partial charge is 0.480 e. The van der Waals surface area contributed by atoms with E-state index in [1.54, 1.807) is 18.2 Å². The van der Waals surface area contributed by atoms with Crippen LogP contribution < -0.4 is 5.73 Å². The molecule has 1 unspecified atom stereocenters. The van der Waals surface area contributed by atoms with Crippen LogP contribution in [0.3, 0.4) is 0 Å². The molecule has 1 rings (SSSR count). The molecule has 1 aromatic rings. The summed E-state index contributed by atoms with van der Waals surface area (Å²) in [6.45, 7) is -1.34. The quantitative estimate of drug-likeness (QED) is 0.790. The van der Waals surface area contributed by atoms with Crippen LogP contribution in [0.4, 0.5) is 8.78 Å². The second-order valence-corrected chi connectivity index (χ2v) is 3.55. The van der Waals surface area contributed by atoms with Crippen LogP contribution in [-0.4, -0.2) is 30.7 Å². The molecule has 0 aliphatic carbocycles. The van der Waals surface area contributed by atoms with Crippen molar-refractivity contribution in [2.75, 3.05) is 13.2 Å². The Hall–Kier alpha value is -1.53. The van der Waals surface area contributed by atoms with Crippen molar-refractivity contribution in [3.05, 3.63) is 35.9 Å². The Morgan fingerprint density at radius 2 is 2.00 bits per heavy atom. The Bertz CT molecular complexity index is 372. The first-order valence-corrected chi connectivity index (χ1v) is 4.90. The first kappa shape index (κ1) is 13.5. The molecular formula is C11H13F2NO3. The number of halogens is 2. The monoisotopic (exact) mass is 245 g/mol. The number of nitrogens with two attached hydrogens (primary N) is 1. The zero-order valence-electron chi connectivity index (χ0n) is 8.98. The summed E-state index contributed by atoms with van der Waals surface area (Å²) < 4.78 is 28.4. The van der Waals surface area contributed by atoms with Gasteiger partial charge in [-0.1, -0.05) is 30.3 Å². The van der Waals surface area contributed by atoms with E-state index in [9.17, 15) is 13.6 Å². The van der Waals surface area contributed by atoms with Crippen LogP contribution in [0.5, 0.6) is 0 Å². The van der Waals surface area contributed by atoms with Crippen LogP contribution in [0.1, 0.15) is 5.56 Å². The summed E-state index contributed by atoms with van der Waals surface area (Å²) in [7, 11) is 0. The van der Waals surface area contributed by atoms with Gasteiger partial charge in [0.25, 0.3) is 6.43 Å². The van der Waals surface area contributed by atoms with Crippen LogP contribution in [0.25, 0.3) is 0 Å². The Morgan fingerprint density at radius 1 is 1.41 bits per heavy atom. The zero-order valence-corrected chi connectivity index (χ0v) is 8.98. The molecular weight excluding hydrogens is 232 g/mol. The number of carboxylic acids is 1. The highest BCUT2D eigenvalue weighted by atomic mass is 19.3. The molecule has 0 bridgehead atoms. The van der Waals surface area contributed by atoms with Gasteiger partial charge >= 0.3 is 5.97 Å². The molecule has 0 aromatic heterocycles. The average molecular weight is 245 g/mol. The molecule has 1 atom stereocenters. The predicted molar refractivity (Wildman–Crippen MR) is 56.8 cm³/mol. The maximum Gasteiger partial charge on any atom is 0.330 e. The predicted octanol–water partition coefficient (Wildman–Crippen LogP) is 1.21. The van der Waals surface area contributed by atoms with Gasteiger partial charge < -0.3 is 15.6 Å². The minimum Gasteiger partial charge on any atom is -0.480 e. The maximum atomic E-state index is 11.9. The number of aliphatic carboxylic acids is 1. The third-order valence-electron chi connectivity index (χ3n) is 2.24. The molecule has 6 heteroatoms. The van der Waals surface area contributed by atoms with Gasteiger partial charge in [-0.3, -0.25) is 0 Å². The highest BCUT2D eigenvalue weighted by Crippen LogP contribution is 2.19. The molecule has 0 spiro atoms. The zero-order chi connectivity index (χ0) is 12.9. The average Bonchev–Trinajstić information content (AvgIpc) is 2.29. The van der Waals surface area contributed by atoms with E-state index in [4.69, 9.17) is 10.8 Å². The SMILES string of the molecule is NC(COCC(F)F)(C(=O)O)c1ccccc1. The lowest BCUT2D eigenvalue weighted by molar-refractivity contribution is -0.147. The number of ether oxygens (including phenoxy) is 1. The van der Waals surface area contributed by atoms with Gasteiger partial charge in [-0.2, -0.15) is 0 Å². The normalized spacial score (nSPS) is 14.6. The van der Waals surface area contributed by atoms with Gasteiger partial charge in [0.2, 0.25) is 0 Å². The number of carboxylic acid groups (broad SMARTS) is 1. The number of rotatable bonds is 6. The lowest BCUT2D eigenvalue weighted by atomic mass is 9.92. The van der Waals surface area contributed by atoms with Crippen LogP contribution in [0.15, 0.2) is 30.3 Å². The van der Waals surface area contributed by atoms with Gasteiger partial charge in [0, 0.05) is 0 Å². The van der Waals surface area contributed by atoms with Gasteiger partial charge in [-0.15, -0.1) is 0 Å². The van der Waals surface area contributed by atoms with Crippen molar-refractivity contribution in [3.8, 4) is 0 Å². The lowest BCUT2D eigenvalue weighted by Crippen LogP contribution is -2.49. The van der Waals surface area contributed by atoms with Crippen LogP contribution >= 0.6 is 0 Å². The molecule has 4 nitrogen and oxygen atoms in total. The van der Waals surface area contributed by atoms with Crippen molar-refractivity contribution < 1.29 is 23.4 Å². The Morgan fingerprint density at radius 3 is 2.47 bits per heavy atom. The molecule has 1 aromatic carbocycles. The fraction of sp³-hybridized carbons (Fsp3) is 0.364. The number of hydrogen-bond donors (Lipinski definition) is 2. The molecule has 0 heterocycles. The summed E-state index contributed by atoms with van der Waals surface area (Å²) >= 11 is 0. The molecule has 0 aliphatic rings. The third-order valence-corrected chi connectivity index (χ3v) is 2.24. The van der Waals surface area contributed by atoms with Gasteiger partial charge in [0.1, 0.15) is 6.61 Å². The minimum atomic E-state index is -2.65. The van der Waals surface area contributed by atoms with E-state index in [1.807, 2.05) is 0 Å². The van der Waals surface area contributed by atoms with Crippen LogP contribution in [-0.2, 0) is 15.1 Å². The van der Waals surface area contributed by atoms with Crippen molar-refractivity contribution in [1.29, 1.82) is 0 Å². The van der Waals surface area contributed by atoms with Gasteiger partial charge in [-0.05, 0) is 5.56 Å². The number of alkyl halides is 2. The molecule has 3 N–H and O–H groups in total. The van der Waals surface area contributed by atoms with E-state index in [-0.39, 0.29) is 0 Å². The highest BCUT2D eigenvalue weighted by molar-refractivity contribution is 5.80. The van der Waals surface area contributed by atoms with Gasteiger partial charge in [-0.25, -0.2) is 13.6 Å². The molecule has 0 amide bonds. The lowest BCUT2D eigenvalue weighted by Gasteiger charge is -2.24. The van der Waals surface area contributed by atoms with Crippen LogP contribution in [0.2, 0.25) is 0 Å². The fourth-order valence-electron chi connectivity index (χ4n) is 1.31. The fourth-order valence-corrected chi connectivity index (χ4v) is 1.31. The van der Waals surface area contributed by atoms with Crippen molar-refractivity contribution in [3.63, 3.8) is 0 Å². The first-order chi connectivity index (χ1) is 7.97. The Kier molecular flexibility index (Phi) is 4.53. The van der Waals surface area contributed by atoms with Crippen molar-refractivity contribution >= 4 is 5.97 Å². The summed E-state index contributed by atoms with van der Waals surface area (Å²) in [5, 5.41) is 9.06. The van der Waals surface area contributed by atoms with E-state index in [0.29, 0.717) is 5.56 Å².